The Morgan fingerprint density at radius 1 is 1.25 bits per heavy atom. The molecule has 0 aromatic rings. The van der Waals surface area contributed by atoms with Gasteiger partial charge in [-0.05, 0) is 44.7 Å². The Bertz CT molecular complexity index is 244. The molecule has 2 rings (SSSR count). The summed E-state index contributed by atoms with van der Waals surface area (Å²) in [6, 6.07) is 0. The van der Waals surface area contributed by atoms with Crippen molar-refractivity contribution in [1.82, 2.24) is 4.90 Å². The second kappa shape index (κ2) is 4.28. The summed E-state index contributed by atoms with van der Waals surface area (Å²) in [5.74, 6) is 0. The van der Waals surface area contributed by atoms with Gasteiger partial charge in [-0.25, -0.2) is 0 Å². The molecule has 0 bridgehead atoms. The quantitative estimate of drug-likeness (QED) is 0.777. The fourth-order valence-corrected chi connectivity index (χ4v) is 3.14. The summed E-state index contributed by atoms with van der Waals surface area (Å²) in [4.78, 5) is 2.59. The zero-order valence-electron chi connectivity index (χ0n) is 11.0. The number of ether oxygens (including phenoxy) is 1. The van der Waals surface area contributed by atoms with Crippen molar-refractivity contribution in [1.29, 1.82) is 0 Å². The number of piperidine rings is 1. The summed E-state index contributed by atoms with van der Waals surface area (Å²) in [7, 11) is 0. The molecule has 3 heteroatoms. The molecule has 2 N–H and O–H groups in total. The minimum absolute atomic E-state index is 0.122. The van der Waals surface area contributed by atoms with Crippen molar-refractivity contribution in [2.75, 3.05) is 26.2 Å². The van der Waals surface area contributed by atoms with E-state index >= 15 is 0 Å². The summed E-state index contributed by atoms with van der Waals surface area (Å²) in [5.41, 5.74) is 6.67. The highest BCUT2D eigenvalue weighted by atomic mass is 16.5. The molecule has 2 atom stereocenters. The van der Waals surface area contributed by atoms with Gasteiger partial charge in [0.2, 0.25) is 0 Å². The molecule has 0 aromatic carbocycles. The Hall–Kier alpha value is -0.120. The van der Waals surface area contributed by atoms with Crippen molar-refractivity contribution < 1.29 is 4.74 Å². The molecule has 0 spiro atoms. The number of likely N-dealkylation sites (tertiary alicyclic amines) is 1. The first-order chi connectivity index (χ1) is 7.50. The van der Waals surface area contributed by atoms with Crippen molar-refractivity contribution in [2.24, 2.45) is 11.1 Å². The lowest BCUT2D eigenvalue weighted by Gasteiger charge is -2.48. The standard InChI is InChI=1S/C13H26N2O/c1-11-13(10-14,6-9-16-11)15-7-4-12(2,3)5-8-15/h11H,4-10,14H2,1-3H3. The molecule has 2 saturated heterocycles. The molecule has 2 heterocycles. The Balaban J connectivity index is 2.06. The van der Waals surface area contributed by atoms with Crippen LogP contribution in [0.5, 0.6) is 0 Å². The van der Waals surface area contributed by atoms with E-state index in [1.165, 1.54) is 25.9 Å². The Morgan fingerprint density at radius 3 is 2.31 bits per heavy atom. The SMILES string of the molecule is CC1OCCC1(CN)N1CCC(C)(C)CC1. The second-order valence-corrected chi connectivity index (χ2v) is 6.22. The number of rotatable bonds is 2. The first-order valence-electron chi connectivity index (χ1n) is 6.57. The first-order valence-corrected chi connectivity index (χ1v) is 6.57. The topological polar surface area (TPSA) is 38.5 Å². The average molecular weight is 226 g/mol. The van der Waals surface area contributed by atoms with Gasteiger partial charge in [0, 0.05) is 13.2 Å². The third-order valence-electron chi connectivity index (χ3n) is 4.76. The monoisotopic (exact) mass is 226 g/mol. The normalized spacial score (nSPS) is 40.1. The van der Waals surface area contributed by atoms with Gasteiger partial charge in [0.05, 0.1) is 11.6 Å². The van der Waals surface area contributed by atoms with Crippen LogP contribution in [0, 0.1) is 5.41 Å². The zero-order chi connectivity index (χ0) is 11.8. The molecular weight excluding hydrogens is 200 g/mol. The first kappa shape index (κ1) is 12.3. The summed E-state index contributed by atoms with van der Waals surface area (Å²) in [6.07, 6.45) is 3.95. The lowest BCUT2D eigenvalue weighted by molar-refractivity contribution is -0.0146. The predicted octanol–water partition coefficient (Wildman–Crippen LogP) is 1.61. The van der Waals surface area contributed by atoms with Crippen LogP contribution in [0.4, 0.5) is 0 Å². The predicted molar refractivity (Wildman–Crippen MR) is 66.4 cm³/mol. The maximum Gasteiger partial charge on any atom is 0.0743 e. The maximum absolute atomic E-state index is 6.04. The lowest BCUT2D eigenvalue weighted by Crippen LogP contribution is -2.60. The Morgan fingerprint density at radius 2 is 1.88 bits per heavy atom. The molecule has 16 heavy (non-hydrogen) atoms. The van der Waals surface area contributed by atoms with E-state index < -0.39 is 0 Å². The molecule has 2 aliphatic heterocycles. The zero-order valence-corrected chi connectivity index (χ0v) is 11.0. The van der Waals surface area contributed by atoms with Gasteiger partial charge in [-0.2, -0.15) is 0 Å². The van der Waals surface area contributed by atoms with E-state index in [4.69, 9.17) is 10.5 Å². The van der Waals surface area contributed by atoms with E-state index in [1.807, 2.05) is 0 Å². The van der Waals surface area contributed by atoms with Gasteiger partial charge < -0.3 is 10.5 Å². The fourth-order valence-electron chi connectivity index (χ4n) is 3.14. The highest BCUT2D eigenvalue weighted by molar-refractivity contribution is 5.02. The van der Waals surface area contributed by atoms with Crippen LogP contribution in [0.3, 0.4) is 0 Å². The molecule has 2 fully saturated rings. The summed E-state index contributed by atoms with van der Waals surface area (Å²) in [6.45, 7) is 10.9. The van der Waals surface area contributed by atoms with Gasteiger partial charge in [0.1, 0.15) is 0 Å². The number of hydrogen-bond donors (Lipinski definition) is 1. The van der Waals surface area contributed by atoms with Crippen molar-refractivity contribution in [3.63, 3.8) is 0 Å². The van der Waals surface area contributed by atoms with Crippen molar-refractivity contribution in [2.45, 2.75) is 51.7 Å². The smallest absolute Gasteiger partial charge is 0.0743 e. The van der Waals surface area contributed by atoms with Gasteiger partial charge >= 0.3 is 0 Å². The Labute approximate surface area is 99.3 Å². The second-order valence-electron chi connectivity index (χ2n) is 6.22. The Kier molecular flexibility index (Phi) is 3.30. The fraction of sp³-hybridized carbons (Fsp3) is 1.00. The van der Waals surface area contributed by atoms with Crippen molar-refractivity contribution in [3.8, 4) is 0 Å². The van der Waals surface area contributed by atoms with Crippen LogP contribution in [-0.2, 0) is 4.74 Å². The lowest BCUT2D eigenvalue weighted by atomic mass is 9.79. The molecular formula is C13H26N2O. The maximum atomic E-state index is 6.04. The van der Waals surface area contributed by atoms with Gasteiger partial charge in [-0.15, -0.1) is 0 Å². The molecule has 0 radical (unpaired) electrons. The van der Waals surface area contributed by atoms with Gasteiger partial charge in [-0.1, -0.05) is 13.8 Å². The average Bonchev–Trinajstić information content (AvgIpc) is 2.61. The number of nitrogens with two attached hydrogens (primary N) is 1. The minimum atomic E-state index is 0.122. The van der Waals surface area contributed by atoms with Crippen LogP contribution in [-0.4, -0.2) is 42.8 Å². The molecule has 2 unspecified atom stereocenters. The third kappa shape index (κ3) is 2.01. The van der Waals surface area contributed by atoms with Crippen LogP contribution in [0.1, 0.15) is 40.0 Å². The van der Waals surface area contributed by atoms with Crippen molar-refractivity contribution >= 4 is 0 Å². The summed E-state index contributed by atoms with van der Waals surface area (Å²) >= 11 is 0. The van der Waals surface area contributed by atoms with E-state index in [1.54, 1.807) is 0 Å². The summed E-state index contributed by atoms with van der Waals surface area (Å²) in [5, 5.41) is 0. The van der Waals surface area contributed by atoms with Crippen LogP contribution < -0.4 is 5.73 Å². The highest BCUT2D eigenvalue weighted by Gasteiger charge is 2.46. The minimum Gasteiger partial charge on any atom is -0.376 e. The number of hydrogen-bond acceptors (Lipinski definition) is 3. The van der Waals surface area contributed by atoms with Crippen molar-refractivity contribution in [3.05, 3.63) is 0 Å². The molecule has 3 nitrogen and oxygen atoms in total. The van der Waals surface area contributed by atoms with E-state index in [0.29, 0.717) is 11.5 Å². The molecule has 0 saturated carbocycles. The number of nitrogens with zero attached hydrogens (tertiary/aromatic N) is 1. The molecule has 0 aliphatic carbocycles. The van der Waals surface area contributed by atoms with E-state index in [9.17, 15) is 0 Å². The molecule has 2 aliphatic rings. The third-order valence-corrected chi connectivity index (χ3v) is 4.76. The van der Waals surface area contributed by atoms with E-state index in [-0.39, 0.29) is 5.54 Å². The van der Waals surface area contributed by atoms with Gasteiger partial charge in [0.25, 0.3) is 0 Å². The van der Waals surface area contributed by atoms with Crippen LogP contribution >= 0.6 is 0 Å². The van der Waals surface area contributed by atoms with Crippen LogP contribution in [0.15, 0.2) is 0 Å². The van der Waals surface area contributed by atoms with E-state index in [0.717, 1.165) is 19.6 Å². The van der Waals surface area contributed by atoms with E-state index in [2.05, 4.69) is 25.7 Å². The summed E-state index contributed by atoms with van der Waals surface area (Å²) < 4.78 is 5.74. The van der Waals surface area contributed by atoms with Crippen LogP contribution in [0.25, 0.3) is 0 Å². The van der Waals surface area contributed by atoms with Gasteiger partial charge in [0.15, 0.2) is 0 Å². The molecule has 94 valence electrons. The van der Waals surface area contributed by atoms with Gasteiger partial charge in [-0.3, -0.25) is 4.90 Å². The molecule has 0 amide bonds. The largest absolute Gasteiger partial charge is 0.376 e. The molecule has 0 aromatic heterocycles. The highest BCUT2D eigenvalue weighted by Crippen LogP contribution is 2.38. The van der Waals surface area contributed by atoms with Crippen LogP contribution in [0.2, 0.25) is 0 Å².